The van der Waals surface area contributed by atoms with Crippen molar-refractivity contribution in [3.8, 4) is 11.1 Å². The second-order valence-electron chi connectivity index (χ2n) is 7.04. The lowest BCUT2D eigenvalue weighted by molar-refractivity contribution is 1.28. The zero-order chi connectivity index (χ0) is 16.8. The van der Waals surface area contributed by atoms with E-state index in [1.165, 1.54) is 62.6 Å². The van der Waals surface area contributed by atoms with Gasteiger partial charge in [-0.15, -0.1) is 34.0 Å². The molecule has 0 spiro atoms. The number of rotatable bonds is 0. The van der Waals surface area contributed by atoms with E-state index in [4.69, 9.17) is 0 Å². The number of hydrogen-bond acceptors (Lipinski definition) is 3. The van der Waals surface area contributed by atoms with E-state index < -0.39 is 0 Å². The maximum atomic E-state index is 2.42. The molecule has 0 saturated carbocycles. The molecule has 0 saturated heterocycles. The van der Waals surface area contributed by atoms with Gasteiger partial charge in [-0.3, -0.25) is 0 Å². The maximum Gasteiger partial charge on any atom is 0.0874 e. The maximum absolute atomic E-state index is 2.42. The molecule has 3 heterocycles. The molecular weight excluding hydrogens is 372 g/mol. The minimum Gasteiger partial charge on any atom is -0.139 e. The van der Waals surface area contributed by atoms with Crippen LogP contribution in [-0.2, 0) is 6.42 Å². The summed E-state index contributed by atoms with van der Waals surface area (Å²) in [4.78, 5) is 1.53. The number of benzene rings is 3. The van der Waals surface area contributed by atoms with Crippen molar-refractivity contribution in [2.45, 2.75) is 6.42 Å². The van der Waals surface area contributed by atoms with Gasteiger partial charge in [0.2, 0.25) is 0 Å². The molecule has 3 aromatic carbocycles. The molecule has 0 N–H and O–H groups in total. The Bertz CT molecular complexity index is 1510. The molecule has 0 aliphatic heterocycles. The predicted molar refractivity (Wildman–Crippen MR) is 118 cm³/mol. The molecule has 0 amide bonds. The highest BCUT2D eigenvalue weighted by atomic mass is 32.2. The number of thiophene rings is 3. The van der Waals surface area contributed by atoms with Gasteiger partial charge in [0.15, 0.2) is 0 Å². The zero-order valence-electron chi connectivity index (χ0n) is 13.7. The van der Waals surface area contributed by atoms with Crippen molar-refractivity contribution in [3.63, 3.8) is 0 Å². The van der Waals surface area contributed by atoms with Crippen LogP contribution < -0.4 is 0 Å². The van der Waals surface area contributed by atoms with Crippen LogP contribution in [0.25, 0.3) is 52.2 Å². The third-order valence-corrected chi connectivity index (χ3v) is 8.91. The molecule has 0 bridgehead atoms. The molecule has 122 valence electrons. The normalized spacial score (nSPS) is 13.2. The first-order valence-corrected chi connectivity index (χ1v) is 11.3. The first-order valence-electron chi connectivity index (χ1n) is 8.71. The van der Waals surface area contributed by atoms with Gasteiger partial charge in [-0.2, -0.15) is 0 Å². The molecule has 0 unspecified atom stereocenters. The summed E-state index contributed by atoms with van der Waals surface area (Å²) >= 11 is 5.79. The van der Waals surface area contributed by atoms with Gasteiger partial charge in [-0.05, 0) is 56.8 Å². The zero-order valence-corrected chi connectivity index (χ0v) is 16.2. The monoisotopic (exact) mass is 384 g/mol. The standard InChI is InChI=1S/C23H12S3/c1-2-4-13-6-15-8-19-17(7-14(15)5-12(13)3-1)22-18-11-25-23-21(18)16(10-24-23)9-20(22)26-19/h1-8,10-11H,9H2. The Morgan fingerprint density at radius 1 is 0.769 bits per heavy atom. The molecule has 3 heteroatoms. The van der Waals surface area contributed by atoms with E-state index in [0.717, 1.165) is 6.42 Å². The van der Waals surface area contributed by atoms with Gasteiger partial charge < -0.3 is 0 Å². The van der Waals surface area contributed by atoms with Crippen molar-refractivity contribution in [1.29, 1.82) is 0 Å². The van der Waals surface area contributed by atoms with Crippen molar-refractivity contribution < 1.29 is 0 Å². The van der Waals surface area contributed by atoms with E-state index in [9.17, 15) is 0 Å². The van der Waals surface area contributed by atoms with Crippen LogP contribution in [0.2, 0.25) is 0 Å². The highest BCUT2D eigenvalue weighted by Gasteiger charge is 2.25. The summed E-state index contributed by atoms with van der Waals surface area (Å²) in [6.45, 7) is 0. The van der Waals surface area contributed by atoms with Crippen LogP contribution in [-0.4, -0.2) is 0 Å². The van der Waals surface area contributed by atoms with Crippen LogP contribution in [0.15, 0.2) is 59.3 Å². The molecule has 6 aromatic rings. The molecule has 1 aliphatic carbocycles. The molecule has 0 radical (unpaired) electrons. The third kappa shape index (κ3) is 1.69. The number of hydrogen-bond donors (Lipinski definition) is 0. The molecule has 26 heavy (non-hydrogen) atoms. The van der Waals surface area contributed by atoms with Gasteiger partial charge in [0.05, 0.1) is 4.01 Å². The minimum atomic E-state index is 1.09. The van der Waals surface area contributed by atoms with Gasteiger partial charge in [0.25, 0.3) is 0 Å². The van der Waals surface area contributed by atoms with Crippen molar-refractivity contribution in [2.24, 2.45) is 0 Å². The Morgan fingerprint density at radius 2 is 1.54 bits per heavy atom. The summed E-state index contributed by atoms with van der Waals surface area (Å²) in [7, 11) is 0. The summed E-state index contributed by atoms with van der Waals surface area (Å²) in [5, 5.41) is 13.0. The van der Waals surface area contributed by atoms with E-state index in [-0.39, 0.29) is 0 Å². The van der Waals surface area contributed by atoms with E-state index in [0.29, 0.717) is 0 Å². The second kappa shape index (κ2) is 4.74. The Labute approximate surface area is 161 Å². The van der Waals surface area contributed by atoms with Crippen LogP contribution in [0.4, 0.5) is 0 Å². The van der Waals surface area contributed by atoms with E-state index >= 15 is 0 Å². The van der Waals surface area contributed by atoms with Crippen molar-refractivity contribution in [3.05, 3.63) is 69.7 Å². The highest BCUT2D eigenvalue weighted by molar-refractivity contribution is 7.37. The minimum absolute atomic E-state index is 1.09. The number of fused-ring (bicyclic) bond motifs is 6. The van der Waals surface area contributed by atoms with Crippen molar-refractivity contribution in [1.82, 2.24) is 0 Å². The summed E-state index contributed by atoms with van der Waals surface area (Å²) in [5.41, 5.74) is 4.49. The van der Waals surface area contributed by atoms with Gasteiger partial charge in [0.1, 0.15) is 0 Å². The van der Waals surface area contributed by atoms with Crippen molar-refractivity contribution in [2.75, 3.05) is 0 Å². The molecular formula is C23H12S3. The molecule has 7 rings (SSSR count). The smallest absolute Gasteiger partial charge is 0.0874 e. The van der Waals surface area contributed by atoms with Gasteiger partial charge >= 0.3 is 0 Å². The van der Waals surface area contributed by atoms with Crippen LogP contribution >= 0.6 is 34.0 Å². The van der Waals surface area contributed by atoms with E-state index in [1.807, 2.05) is 34.0 Å². The van der Waals surface area contributed by atoms with Gasteiger partial charge in [-0.1, -0.05) is 24.3 Å². The van der Waals surface area contributed by atoms with Crippen molar-refractivity contribution >= 4 is 75.0 Å². The Kier molecular flexibility index (Phi) is 2.54. The first-order chi connectivity index (χ1) is 12.8. The average Bonchev–Trinajstić information content (AvgIpc) is 3.34. The molecule has 1 aliphatic rings. The predicted octanol–water partition coefficient (Wildman–Crippen LogP) is 8.06. The summed E-state index contributed by atoms with van der Waals surface area (Å²) in [6, 6.07) is 18.2. The lowest BCUT2D eigenvalue weighted by Crippen LogP contribution is -1.92. The fraction of sp³-hybridized carbons (Fsp3) is 0.0435. The fourth-order valence-corrected chi connectivity index (χ4v) is 7.82. The van der Waals surface area contributed by atoms with Gasteiger partial charge in [0, 0.05) is 43.3 Å². The molecule has 3 aromatic heterocycles. The molecule has 0 atom stereocenters. The van der Waals surface area contributed by atoms with Crippen LogP contribution in [0.1, 0.15) is 10.4 Å². The van der Waals surface area contributed by atoms with Crippen LogP contribution in [0, 0.1) is 0 Å². The summed E-state index contributed by atoms with van der Waals surface area (Å²) < 4.78 is 2.90. The topological polar surface area (TPSA) is 0 Å². The SMILES string of the molecule is c1ccc2cc3cc4c5c(sc4cc3cc2c1)Cc1csc2scc-5c12. The lowest BCUT2D eigenvalue weighted by Gasteiger charge is -2.10. The summed E-state index contributed by atoms with van der Waals surface area (Å²) in [5.74, 6) is 0. The van der Waals surface area contributed by atoms with E-state index in [1.54, 1.807) is 0 Å². The quantitative estimate of drug-likeness (QED) is 0.232. The molecule has 0 fully saturated rings. The first kappa shape index (κ1) is 13.9. The highest BCUT2D eigenvalue weighted by Crippen LogP contribution is 2.51. The average molecular weight is 385 g/mol. The molecule has 0 nitrogen and oxygen atoms in total. The summed E-state index contributed by atoms with van der Waals surface area (Å²) in [6.07, 6.45) is 1.09. The van der Waals surface area contributed by atoms with Crippen LogP contribution in [0.5, 0.6) is 0 Å². The Balaban J connectivity index is 1.62. The fourth-order valence-electron chi connectivity index (χ4n) is 4.41. The second-order valence-corrected chi connectivity index (χ2v) is 10.2. The Hall–Kier alpha value is -2.20. The van der Waals surface area contributed by atoms with Crippen LogP contribution in [0.3, 0.4) is 0 Å². The Morgan fingerprint density at radius 3 is 2.38 bits per heavy atom. The lowest BCUT2D eigenvalue weighted by atomic mass is 9.92. The van der Waals surface area contributed by atoms with E-state index in [2.05, 4.69) is 59.3 Å². The van der Waals surface area contributed by atoms with Gasteiger partial charge in [-0.25, -0.2) is 0 Å². The largest absolute Gasteiger partial charge is 0.139 e. The third-order valence-electron chi connectivity index (χ3n) is 5.59.